The molecule has 0 aliphatic rings. The Bertz CT molecular complexity index is 142. The van der Waals surface area contributed by atoms with Crippen LogP contribution in [0, 0.1) is 0 Å². The highest BCUT2D eigenvalue weighted by Crippen LogP contribution is 2.26. The molecule has 0 atom stereocenters. The molecule has 0 aromatic rings. The highest BCUT2D eigenvalue weighted by atomic mass is 35.8. The first-order valence-electron chi connectivity index (χ1n) is 5.28. The topological polar surface area (TPSA) is 18.5 Å². The molecular weight excluding hydrogens is 275 g/mol. The summed E-state index contributed by atoms with van der Waals surface area (Å²) in [6.07, 6.45) is 3.09. The predicted octanol–water partition coefficient (Wildman–Crippen LogP) is 3.87. The van der Waals surface area contributed by atoms with E-state index in [9.17, 15) is 0 Å². The van der Waals surface area contributed by atoms with Crippen LogP contribution in [0.5, 0.6) is 0 Å². The van der Waals surface area contributed by atoms with Crippen LogP contribution in [0.1, 0.15) is 26.2 Å². The van der Waals surface area contributed by atoms with Crippen LogP contribution in [0.2, 0.25) is 6.04 Å². The summed E-state index contributed by atoms with van der Waals surface area (Å²) in [5, 5.41) is 0. The first-order valence-corrected chi connectivity index (χ1v) is 10.5. The standard InChI is InChI=1S/C9H19Cl3O2Si/c1-2-3-5-13-7-8-14-6-4-9-15(10,11)12/h2-9H2,1H3. The van der Waals surface area contributed by atoms with Crippen molar-refractivity contribution in [2.45, 2.75) is 32.2 Å². The fourth-order valence-electron chi connectivity index (χ4n) is 0.943. The van der Waals surface area contributed by atoms with Gasteiger partial charge in [0.2, 0.25) is 0 Å². The maximum absolute atomic E-state index is 5.72. The Morgan fingerprint density at radius 1 is 0.867 bits per heavy atom. The van der Waals surface area contributed by atoms with Gasteiger partial charge in [0.1, 0.15) is 0 Å². The van der Waals surface area contributed by atoms with Crippen molar-refractivity contribution in [1.82, 2.24) is 0 Å². The molecule has 0 radical (unpaired) electrons. The lowest BCUT2D eigenvalue weighted by atomic mass is 10.4. The summed E-state index contributed by atoms with van der Waals surface area (Å²) >= 11 is 17.2. The van der Waals surface area contributed by atoms with Crippen LogP contribution in [0.25, 0.3) is 0 Å². The summed E-state index contributed by atoms with van der Waals surface area (Å²) in [5.41, 5.74) is 0. The Hall–Kier alpha value is 1.01. The third-order valence-corrected chi connectivity index (χ3v) is 4.38. The highest BCUT2D eigenvalue weighted by molar-refractivity contribution is 7.64. The van der Waals surface area contributed by atoms with Gasteiger partial charge in [-0.3, -0.25) is 0 Å². The lowest BCUT2D eigenvalue weighted by molar-refractivity contribution is 0.0470. The molecule has 0 amide bonds. The van der Waals surface area contributed by atoms with Crippen LogP contribution in [-0.4, -0.2) is 32.4 Å². The van der Waals surface area contributed by atoms with E-state index in [4.69, 9.17) is 42.7 Å². The monoisotopic (exact) mass is 292 g/mol. The maximum Gasteiger partial charge on any atom is 0.341 e. The van der Waals surface area contributed by atoms with Gasteiger partial charge in [-0.15, -0.1) is 33.2 Å². The van der Waals surface area contributed by atoms with Gasteiger partial charge in [0, 0.05) is 13.2 Å². The van der Waals surface area contributed by atoms with Crippen molar-refractivity contribution >= 4 is 39.2 Å². The van der Waals surface area contributed by atoms with Gasteiger partial charge < -0.3 is 9.47 Å². The second kappa shape index (κ2) is 10.2. The first kappa shape index (κ1) is 16.0. The molecular formula is C9H19Cl3O2Si. The van der Waals surface area contributed by atoms with Crippen molar-refractivity contribution in [1.29, 1.82) is 0 Å². The molecule has 0 unspecified atom stereocenters. The lowest BCUT2D eigenvalue weighted by Crippen LogP contribution is -2.11. The van der Waals surface area contributed by atoms with Crippen LogP contribution < -0.4 is 0 Å². The third-order valence-electron chi connectivity index (χ3n) is 1.76. The third kappa shape index (κ3) is 15.0. The van der Waals surface area contributed by atoms with Crippen molar-refractivity contribution in [3.8, 4) is 0 Å². The van der Waals surface area contributed by atoms with E-state index in [1.54, 1.807) is 0 Å². The summed E-state index contributed by atoms with van der Waals surface area (Å²) in [7, 11) is 0. The van der Waals surface area contributed by atoms with E-state index in [-0.39, 0.29) is 0 Å². The Labute approximate surface area is 107 Å². The van der Waals surface area contributed by atoms with Crippen LogP contribution in [0.15, 0.2) is 0 Å². The first-order chi connectivity index (χ1) is 7.06. The molecule has 0 heterocycles. The number of hydrogen-bond acceptors (Lipinski definition) is 2. The number of hydrogen-bond donors (Lipinski definition) is 0. The fourth-order valence-corrected chi connectivity index (χ4v) is 2.69. The molecule has 0 aromatic carbocycles. The van der Waals surface area contributed by atoms with Gasteiger partial charge in [0.05, 0.1) is 13.2 Å². The van der Waals surface area contributed by atoms with Crippen molar-refractivity contribution in [2.75, 3.05) is 26.4 Å². The molecule has 0 rings (SSSR count). The van der Waals surface area contributed by atoms with Gasteiger partial charge in [-0.2, -0.15) is 0 Å². The Morgan fingerprint density at radius 3 is 1.87 bits per heavy atom. The van der Waals surface area contributed by atoms with Gasteiger partial charge in [-0.1, -0.05) is 13.3 Å². The van der Waals surface area contributed by atoms with E-state index in [1.807, 2.05) is 0 Å². The van der Waals surface area contributed by atoms with Gasteiger partial charge in [0.15, 0.2) is 0 Å². The lowest BCUT2D eigenvalue weighted by Gasteiger charge is -2.08. The summed E-state index contributed by atoms with van der Waals surface area (Å²) in [6.45, 7) is 4.90. The van der Waals surface area contributed by atoms with Gasteiger partial charge in [-0.05, 0) is 18.9 Å². The Morgan fingerprint density at radius 2 is 1.40 bits per heavy atom. The normalized spacial score (nSPS) is 12.0. The SMILES string of the molecule is CCCCOCCOCCC[Si](Cl)(Cl)Cl. The van der Waals surface area contributed by atoms with E-state index in [1.165, 1.54) is 0 Å². The van der Waals surface area contributed by atoms with Gasteiger partial charge in [-0.25, -0.2) is 0 Å². The van der Waals surface area contributed by atoms with Crippen molar-refractivity contribution < 1.29 is 9.47 Å². The van der Waals surface area contributed by atoms with Gasteiger partial charge >= 0.3 is 6.00 Å². The largest absolute Gasteiger partial charge is 0.379 e. The Balaban J connectivity index is 2.99. The minimum absolute atomic E-state index is 0.630. The minimum atomic E-state index is -2.44. The average Bonchev–Trinajstić information content (AvgIpc) is 2.14. The van der Waals surface area contributed by atoms with Crippen molar-refractivity contribution in [2.24, 2.45) is 0 Å². The molecule has 2 nitrogen and oxygen atoms in total. The van der Waals surface area contributed by atoms with E-state index in [0.29, 0.717) is 25.9 Å². The van der Waals surface area contributed by atoms with Crippen LogP contribution in [0.4, 0.5) is 0 Å². The van der Waals surface area contributed by atoms with E-state index in [0.717, 1.165) is 25.9 Å². The molecule has 0 aromatic heterocycles. The molecule has 0 N–H and O–H groups in total. The Kier molecular flexibility index (Phi) is 10.9. The zero-order valence-corrected chi connectivity index (χ0v) is 12.4. The second-order valence-electron chi connectivity index (χ2n) is 3.30. The van der Waals surface area contributed by atoms with Crippen molar-refractivity contribution in [3.05, 3.63) is 0 Å². The predicted molar refractivity (Wildman–Crippen MR) is 69.3 cm³/mol. The average molecular weight is 294 g/mol. The smallest absolute Gasteiger partial charge is 0.341 e. The molecule has 0 bridgehead atoms. The molecule has 92 valence electrons. The fraction of sp³-hybridized carbons (Fsp3) is 1.00. The van der Waals surface area contributed by atoms with Crippen molar-refractivity contribution in [3.63, 3.8) is 0 Å². The summed E-state index contributed by atoms with van der Waals surface area (Å²) in [6, 6.07) is -1.78. The van der Waals surface area contributed by atoms with E-state index >= 15 is 0 Å². The maximum atomic E-state index is 5.72. The number of unbranched alkanes of at least 4 members (excludes halogenated alkanes) is 1. The van der Waals surface area contributed by atoms with E-state index in [2.05, 4.69) is 6.92 Å². The minimum Gasteiger partial charge on any atom is -0.379 e. The molecule has 0 spiro atoms. The zero-order valence-electron chi connectivity index (χ0n) is 9.11. The molecule has 0 aliphatic heterocycles. The molecule has 0 saturated carbocycles. The van der Waals surface area contributed by atoms with Crippen LogP contribution in [0.3, 0.4) is 0 Å². The molecule has 0 aliphatic carbocycles. The molecule has 15 heavy (non-hydrogen) atoms. The highest BCUT2D eigenvalue weighted by Gasteiger charge is 2.23. The van der Waals surface area contributed by atoms with Gasteiger partial charge in [0.25, 0.3) is 0 Å². The number of ether oxygens (including phenoxy) is 2. The summed E-state index contributed by atoms with van der Waals surface area (Å²) < 4.78 is 10.7. The molecule has 0 fully saturated rings. The van der Waals surface area contributed by atoms with E-state index < -0.39 is 6.00 Å². The molecule has 6 heteroatoms. The summed E-state index contributed by atoms with van der Waals surface area (Å²) in [5.74, 6) is 0. The van der Waals surface area contributed by atoms with Crippen LogP contribution >= 0.6 is 33.2 Å². The number of halogens is 3. The number of rotatable bonds is 10. The van der Waals surface area contributed by atoms with Crippen LogP contribution in [-0.2, 0) is 9.47 Å². The summed E-state index contributed by atoms with van der Waals surface area (Å²) in [4.78, 5) is 0. The zero-order chi connectivity index (χ0) is 11.6. The second-order valence-corrected chi connectivity index (χ2v) is 12.6. The quantitative estimate of drug-likeness (QED) is 0.346. The molecule has 0 saturated heterocycles.